The minimum absolute atomic E-state index is 0.0602. The molecule has 1 aliphatic rings. The molecule has 1 aromatic rings. The quantitative estimate of drug-likeness (QED) is 0.866. The molecule has 0 saturated carbocycles. The summed E-state index contributed by atoms with van der Waals surface area (Å²) in [6, 6.07) is 5.04. The summed E-state index contributed by atoms with van der Waals surface area (Å²) >= 11 is 11.9. The van der Waals surface area contributed by atoms with Crippen molar-refractivity contribution in [3.63, 3.8) is 0 Å². The Bertz CT molecular complexity index is 431. The van der Waals surface area contributed by atoms with Crippen molar-refractivity contribution in [2.75, 3.05) is 19.7 Å². The third-order valence-corrected chi connectivity index (χ3v) is 3.81. The first kappa shape index (κ1) is 13.8. The fourth-order valence-electron chi connectivity index (χ4n) is 1.95. The topological polar surface area (TPSA) is 38.3 Å². The van der Waals surface area contributed by atoms with Gasteiger partial charge in [-0.05, 0) is 38.1 Å². The lowest BCUT2D eigenvalue weighted by atomic mass is 10.1. The van der Waals surface area contributed by atoms with E-state index in [1.807, 2.05) is 0 Å². The lowest BCUT2D eigenvalue weighted by Gasteiger charge is -2.22. The van der Waals surface area contributed by atoms with Crippen molar-refractivity contribution in [1.82, 2.24) is 5.32 Å². The summed E-state index contributed by atoms with van der Waals surface area (Å²) in [6.07, 6.45) is 2.04. The van der Waals surface area contributed by atoms with Crippen LogP contribution in [0.15, 0.2) is 18.2 Å². The van der Waals surface area contributed by atoms with Crippen LogP contribution in [0.3, 0.4) is 0 Å². The molecule has 1 aliphatic heterocycles. The lowest BCUT2D eigenvalue weighted by Crippen LogP contribution is -2.33. The highest BCUT2D eigenvalue weighted by Gasteiger charge is 2.17. The Morgan fingerprint density at radius 1 is 1.33 bits per heavy atom. The minimum Gasteiger partial charge on any atom is -0.370 e. The Morgan fingerprint density at radius 3 is 2.78 bits per heavy atom. The van der Waals surface area contributed by atoms with Crippen LogP contribution in [-0.4, -0.2) is 31.6 Å². The van der Waals surface area contributed by atoms with Gasteiger partial charge in [0.1, 0.15) is 6.61 Å². The van der Waals surface area contributed by atoms with Crippen LogP contribution in [0.1, 0.15) is 23.2 Å². The number of hydrogen-bond donors (Lipinski definition) is 1. The molecule has 1 heterocycles. The molecule has 2 rings (SSSR count). The Balaban J connectivity index is 1.93. The molecule has 0 spiro atoms. The number of rotatable bonds is 4. The van der Waals surface area contributed by atoms with E-state index in [4.69, 9.17) is 27.9 Å². The number of halogens is 2. The zero-order chi connectivity index (χ0) is 13.0. The molecule has 0 bridgehead atoms. The van der Waals surface area contributed by atoms with Crippen LogP contribution in [0.25, 0.3) is 0 Å². The minimum atomic E-state index is -0.124. The van der Waals surface area contributed by atoms with Crippen molar-refractivity contribution in [2.45, 2.75) is 18.9 Å². The number of ether oxygens (including phenoxy) is 1. The van der Waals surface area contributed by atoms with Gasteiger partial charge in [-0.3, -0.25) is 4.79 Å². The van der Waals surface area contributed by atoms with Gasteiger partial charge >= 0.3 is 0 Å². The molecule has 1 saturated heterocycles. The van der Waals surface area contributed by atoms with Gasteiger partial charge in [-0.25, -0.2) is 0 Å². The number of Topliss-reactive ketones (excluding diaryl/α,β-unsaturated/α-hetero) is 1. The van der Waals surface area contributed by atoms with Gasteiger partial charge in [-0.2, -0.15) is 0 Å². The summed E-state index contributed by atoms with van der Waals surface area (Å²) in [7, 11) is 0. The molecule has 0 radical (unpaired) electrons. The number of hydrogen-bond acceptors (Lipinski definition) is 3. The molecule has 98 valence electrons. The van der Waals surface area contributed by atoms with Gasteiger partial charge in [-0.15, -0.1) is 0 Å². The van der Waals surface area contributed by atoms with Crippen molar-refractivity contribution in [3.8, 4) is 0 Å². The van der Waals surface area contributed by atoms with E-state index in [2.05, 4.69) is 5.32 Å². The molecule has 0 aromatic heterocycles. The second-order valence-corrected chi connectivity index (χ2v) is 5.07. The molecule has 0 amide bonds. The molecule has 18 heavy (non-hydrogen) atoms. The van der Waals surface area contributed by atoms with Gasteiger partial charge < -0.3 is 10.1 Å². The normalized spacial score (nSPS) is 16.8. The number of piperidine rings is 1. The molecule has 0 aliphatic carbocycles. The summed E-state index contributed by atoms with van der Waals surface area (Å²) in [6.45, 7) is 1.94. The Labute approximate surface area is 116 Å². The highest BCUT2D eigenvalue weighted by Crippen LogP contribution is 2.26. The number of ketones is 1. The van der Waals surface area contributed by atoms with Crippen LogP contribution in [0.4, 0.5) is 0 Å². The average Bonchev–Trinajstić information content (AvgIpc) is 2.40. The summed E-state index contributed by atoms with van der Waals surface area (Å²) in [4.78, 5) is 12.0. The standard InChI is InChI=1S/C13H15Cl2NO2/c14-11-3-1-2-10(13(11)15)12(17)8-18-9-4-6-16-7-5-9/h1-3,9,16H,4-8H2. The van der Waals surface area contributed by atoms with Gasteiger partial charge in [0.05, 0.1) is 16.1 Å². The summed E-state index contributed by atoms with van der Waals surface area (Å²) in [5, 5.41) is 3.94. The molecule has 1 aromatic carbocycles. The van der Waals surface area contributed by atoms with Crippen molar-refractivity contribution in [1.29, 1.82) is 0 Å². The van der Waals surface area contributed by atoms with Gasteiger partial charge in [0.25, 0.3) is 0 Å². The van der Waals surface area contributed by atoms with Gasteiger partial charge in [0, 0.05) is 5.56 Å². The van der Waals surface area contributed by atoms with Gasteiger partial charge in [0.15, 0.2) is 5.78 Å². The summed E-state index contributed by atoms with van der Waals surface area (Å²) in [5.74, 6) is -0.124. The van der Waals surface area contributed by atoms with E-state index in [-0.39, 0.29) is 18.5 Å². The van der Waals surface area contributed by atoms with Crippen LogP contribution in [0.5, 0.6) is 0 Å². The number of nitrogens with one attached hydrogen (secondary N) is 1. The van der Waals surface area contributed by atoms with Crippen molar-refractivity contribution in [2.24, 2.45) is 0 Å². The van der Waals surface area contributed by atoms with Crippen LogP contribution in [0, 0.1) is 0 Å². The van der Waals surface area contributed by atoms with Crippen LogP contribution in [0.2, 0.25) is 10.0 Å². The maximum atomic E-state index is 12.0. The zero-order valence-electron chi connectivity index (χ0n) is 9.92. The lowest BCUT2D eigenvalue weighted by molar-refractivity contribution is 0.0318. The SMILES string of the molecule is O=C(COC1CCNCC1)c1cccc(Cl)c1Cl. The third kappa shape index (κ3) is 3.45. The molecule has 5 heteroatoms. The van der Waals surface area contributed by atoms with E-state index < -0.39 is 0 Å². The molecule has 0 atom stereocenters. The molecule has 1 fully saturated rings. The van der Waals surface area contributed by atoms with E-state index in [1.54, 1.807) is 18.2 Å². The maximum Gasteiger partial charge on any atom is 0.190 e. The van der Waals surface area contributed by atoms with E-state index in [0.717, 1.165) is 25.9 Å². The first-order valence-electron chi connectivity index (χ1n) is 5.98. The Morgan fingerprint density at radius 2 is 2.06 bits per heavy atom. The van der Waals surface area contributed by atoms with E-state index in [0.29, 0.717) is 15.6 Å². The largest absolute Gasteiger partial charge is 0.370 e. The maximum absolute atomic E-state index is 12.0. The number of carbonyl (C=O) groups excluding carboxylic acids is 1. The summed E-state index contributed by atoms with van der Waals surface area (Å²) < 4.78 is 5.60. The molecule has 1 N–H and O–H groups in total. The fourth-order valence-corrected chi connectivity index (χ4v) is 2.36. The highest BCUT2D eigenvalue weighted by atomic mass is 35.5. The van der Waals surface area contributed by atoms with Crippen molar-refractivity contribution < 1.29 is 9.53 Å². The Kier molecular flexibility index (Phi) is 5.01. The summed E-state index contributed by atoms with van der Waals surface area (Å²) in [5.41, 5.74) is 0.429. The molecular weight excluding hydrogens is 273 g/mol. The fraction of sp³-hybridized carbons (Fsp3) is 0.462. The Hall–Kier alpha value is -0.610. The van der Waals surface area contributed by atoms with Crippen LogP contribution in [-0.2, 0) is 4.74 Å². The van der Waals surface area contributed by atoms with Crippen molar-refractivity contribution >= 4 is 29.0 Å². The van der Waals surface area contributed by atoms with Gasteiger partial charge in [-0.1, -0.05) is 29.3 Å². The van der Waals surface area contributed by atoms with Gasteiger partial charge in [0.2, 0.25) is 0 Å². The average molecular weight is 288 g/mol. The second-order valence-electron chi connectivity index (χ2n) is 4.28. The number of carbonyl (C=O) groups is 1. The molecular formula is C13H15Cl2NO2. The zero-order valence-corrected chi connectivity index (χ0v) is 11.4. The van der Waals surface area contributed by atoms with Crippen LogP contribution >= 0.6 is 23.2 Å². The second kappa shape index (κ2) is 6.53. The predicted octanol–water partition coefficient (Wildman–Crippen LogP) is 2.94. The predicted molar refractivity (Wildman–Crippen MR) is 72.6 cm³/mol. The van der Waals surface area contributed by atoms with E-state index >= 15 is 0 Å². The van der Waals surface area contributed by atoms with Crippen LogP contribution < -0.4 is 5.32 Å². The first-order chi connectivity index (χ1) is 8.68. The van der Waals surface area contributed by atoms with Crippen molar-refractivity contribution in [3.05, 3.63) is 33.8 Å². The molecule has 3 nitrogen and oxygen atoms in total. The first-order valence-corrected chi connectivity index (χ1v) is 6.73. The highest BCUT2D eigenvalue weighted by molar-refractivity contribution is 6.43. The smallest absolute Gasteiger partial charge is 0.190 e. The monoisotopic (exact) mass is 287 g/mol. The van der Waals surface area contributed by atoms with E-state index in [1.165, 1.54) is 0 Å². The van der Waals surface area contributed by atoms with E-state index in [9.17, 15) is 4.79 Å². The third-order valence-electron chi connectivity index (χ3n) is 2.99. The number of benzene rings is 1. The molecule has 0 unspecified atom stereocenters.